The molecule has 0 unspecified atom stereocenters. The molecule has 1 aromatic rings. The monoisotopic (exact) mass is 349 g/mol. The van der Waals surface area contributed by atoms with E-state index in [4.69, 9.17) is 10.5 Å². The molecule has 0 spiro atoms. The number of ether oxygens (including phenoxy) is 1. The van der Waals surface area contributed by atoms with Crippen LogP contribution in [0.1, 0.15) is 37.6 Å². The van der Waals surface area contributed by atoms with Gasteiger partial charge >= 0.3 is 5.97 Å². The van der Waals surface area contributed by atoms with Crippen molar-refractivity contribution in [3.8, 4) is 0 Å². The third-order valence-electron chi connectivity index (χ3n) is 3.40. The molecule has 0 saturated heterocycles. The van der Waals surface area contributed by atoms with Crippen LogP contribution in [0.4, 0.5) is 5.69 Å². The summed E-state index contributed by atoms with van der Waals surface area (Å²) in [4.78, 5) is 46.7. The molecule has 0 aromatic heterocycles. The van der Waals surface area contributed by atoms with Crippen LogP contribution in [0.25, 0.3) is 0 Å². The third kappa shape index (κ3) is 6.62. The minimum absolute atomic E-state index is 0.0480. The predicted octanol–water partition coefficient (Wildman–Crippen LogP) is 0.818. The van der Waals surface area contributed by atoms with Gasteiger partial charge in [0.15, 0.2) is 0 Å². The fourth-order valence-electron chi connectivity index (χ4n) is 2.26. The SMILES string of the molecule is CCOC(=O)C[C@@H](C)[C@H](NC(=O)c1cccc(NC(C)=O)c1)C(N)=O. The molecule has 136 valence electrons. The molecule has 1 rings (SSSR count). The van der Waals surface area contributed by atoms with Gasteiger partial charge < -0.3 is 21.1 Å². The third-order valence-corrected chi connectivity index (χ3v) is 3.40. The number of hydrogen-bond donors (Lipinski definition) is 3. The molecule has 0 radical (unpaired) electrons. The Kier molecular flexibility index (Phi) is 7.58. The van der Waals surface area contributed by atoms with Gasteiger partial charge in [0.25, 0.3) is 5.91 Å². The van der Waals surface area contributed by atoms with Crippen LogP contribution < -0.4 is 16.4 Å². The summed E-state index contributed by atoms with van der Waals surface area (Å²) in [7, 11) is 0. The lowest BCUT2D eigenvalue weighted by Gasteiger charge is -2.21. The van der Waals surface area contributed by atoms with Crippen LogP contribution in [-0.2, 0) is 19.1 Å². The van der Waals surface area contributed by atoms with E-state index in [9.17, 15) is 19.2 Å². The molecular weight excluding hydrogens is 326 g/mol. The summed E-state index contributed by atoms with van der Waals surface area (Å²) in [5.41, 5.74) is 6.05. The molecular formula is C17H23N3O5. The summed E-state index contributed by atoms with van der Waals surface area (Å²) >= 11 is 0. The van der Waals surface area contributed by atoms with E-state index in [1.165, 1.54) is 19.1 Å². The Morgan fingerprint density at radius 2 is 1.92 bits per heavy atom. The standard InChI is InChI=1S/C17H23N3O5/c1-4-25-14(22)8-10(2)15(16(18)23)20-17(24)12-6-5-7-13(9-12)19-11(3)21/h5-7,9-10,15H,4,8H2,1-3H3,(H2,18,23)(H,19,21)(H,20,24)/t10-,15+/m1/s1. The van der Waals surface area contributed by atoms with E-state index < -0.39 is 29.7 Å². The maximum Gasteiger partial charge on any atom is 0.306 e. The Bertz CT molecular complexity index is 659. The molecule has 2 atom stereocenters. The Morgan fingerprint density at radius 1 is 1.24 bits per heavy atom. The molecule has 0 aliphatic carbocycles. The number of benzene rings is 1. The molecule has 1 aromatic carbocycles. The second kappa shape index (κ2) is 9.41. The Morgan fingerprint density at radius 3 is 2.48 bits per heavy atom. The highest BCUT2D eigenvalue weighted by molar-refractivity contribution is 5.99. The van der Waals surface area contributed by atoms with Crippen LogP contribution in [0.15, 0.2) is 24.3 Å². The Hall–Kier alpha value is -2.90. The highest BCUT2D eigenvalue weighted by Gasteiger charge is 2.27. The fraction of sp³-hybridized carbons (Fsp3) is 0.412. The number of hydrogen-bond acceptors (Lipinski definition) is 5. The van der Waals surface area contributed by atoms with Crippen molar-refractivity contribution >= 4 is 29.4 Å². The molecule has 3 amide bonds. The molecule has 0 saturated carbocycles. The van der Waals surface area contributed by atoms with Gasteiger partial charge in [0.2, 0.25) is 11.8 Å². The number of carbonyl (C=O) groups excluding carboxylic acids is 4. The highest BCUT2D eigenvalue weighted by atomic mass is 16.5. The van der Waals surface area contributed by atoms with Crippen molar-refractivity contribution in [3.63, 3.8) is 0 Å². The predicted molar refractivity (Wildman–Crippen MR) is 91.6 cm³/mol. The van der Waals surface area contributed by atoms with Gasteiger partial charge in [-0.25, -0.2) is 0 Å². The average Bonchev–Trinajstić information content (AvgIpc) is 2.51. The van der Waals surface area contributed by atoms with E-state index in [0.717, 1.165) is 0 Å². The summed E-state index contributed by atoms with van der Waals surface area (Å²) in [6.07, 6.45) is -0.0480. The van der Waals surface area contributed by atoms with Crippen molar-refractivity contribution in [1.29, 1.82) is 0 Å². The Balaban J connectivity index is 2.84. The van der Waals surface area contributed by atoms with E-state index in [2.05, 4.69) is 10.6 Å². The number of nitrogens with one attached hydrogen (secondary N) is 2. The zero-order valence-corrected chi connectivity index (χ0v) is 14.5. The first kappa shape index (κ1) is 20.1. The first-order chi connectivity index (χ1) is 11.7. The number of esters is 1. The maximum atomic E-state index is 12.4. The van der Waals surface area contributed by atoms with E-state index in [-0.39, 0.29) is 24.5 Å². The van der Waals surface area contributed by atoms with Gasteiger partial charge in [-0.05, 0) is 31.0 Å². The summed E-state index contributed by atoms with van der Waals surface area (Å²) in [5, 5.41) is 5.09. The number of nitrogens with two attached hydrogens (primary N) is 1. The molecule has 25 heavy (non-hydrogen) atoms. The van der Waals surface area contributed by atoms with E-state index in [1.54, 1.807) is 26.0 Å². The zero-order chi connectivity index (χ0) is 19.0. The molecule has 0 fully saturated rings. The van der Waals surface area contributed by atoms with Gasteiger partial charge in [-0.2, -0.15) is 0 Å². The molecule has 4 N–H and O–H groups in total. The van der Waals surface area contributed by atoms with Crippen LogP contribution in [-0.4, -0.2) is 36.3 Å². The van der Waals surface area contributed by atoms with Crippen molar-refractivity contribution < 1.29 is 23.9 Å². The summed E-state index contributed by atoms with van der Waals surface area (Å²) in [6, 6.07) is 5.22. The molecule has 0 heterocycles. The number of carbonyl (C=O) groups is 4. The number of amides is 3. The van der Waals surface area contributed by atoms with Gasteiger partial charge in [-0.3, -0.25) is 19.2 Å². The fourth-order valence-corrected chi connectivity index (χ4v) is 2.26. The van der Waals surface area contributed by atoms with Crippen LogP contribution >= 0.6 is 0 Å². The van der Waals surface area contributed by atoms with Crippen molar-refractivity contribution in [1.82, 2.24) is 5.32 Å². The maximum absolute atomic E-state index is 12.4. The molecule has 0 bridgehead atoms. The first-order valence-electron chi connectivity index (χ1n) is 7.88. The normalized spacial score (nSPS) is 12.6. The van der Waals surface area contributed by atoms with Crippen LogP contribution in [0.5, 0.6) is 0 Å². The van der Waals surface area contributed by atoms with Gasteiger partial charge in [0.05, 0.1) is 13.0 Å². The van der Waals surface area contributed by atoms with Crippen molar-refractivity contribution in [2.75, 3.05) is 11.9 Å². The molecule has 0 aliphatic heterocycles. The molecule has 0 aliphatic rings. The van der Waals surface area contributed by atoms with Crippen molar-refractivity contribution in [2.45, 2.75) is 33.2 Å². The number of primary amides is 1. The smallest absolute Gasteiger partial charge is 0.306 e. The lowest BCUT2D eigenvalue weighted by Crippen LogP contribution is -2.49. The van der Waals surface area contributed by atoms with Gasteiger partial charge in [-0.15, -0.1) is 0 Å². The number of anilines is 1. The largest absolute Gasteiger partial charge is 0.466 e. The minimum atomic E-state index is -1.03. The quantitative estimate of drug-likeness (QED) is 0.599. The zero-order valence-electron chi connectivity index (χ0n) is 14.5. The van der Waals surface area contributed by atoms with Gasteiger partial charge in [0, 0.05) is 18.2 Å². The van der Waals surface area contributed by atoms with Crippen LogP contribution in [0, 0.1) is 5.92 Å². The summed E-state index contributed by atoms with van der Waals surface area (Å²) in [5.74, 6) is -2.55. The highest BCUT2D eigenvalue weighted by Crippen LogP contribution is 2.13. The molecule has 8 nitrogen and oxygen atoms in total. The number of rotatable bonds is 8. The van der Waals surface area contributed by atoms with E-state index in [1.807, 2.05) is 0 Å². The average molecular weight is 349 g/mol. The van der Waals surface area contributed by atoms with Crippen LogP contribution in [0.3, 0.4) is 0 Å². The van der Waals surface area contributed by atoms with E-state index in [0.29, 0.717) is 5.69 Å². The summed E-state index contributed by atoms with van der Waals surface area (Å²) in [6.45, 7) is 4.89. The lowest BCUT2D eigenvalue weighted by atomic mass is 9.97. The Labute approximate surface area is 146 Å². The van der Waals surface area contributed by atoms with Crippen LogP contribution in [0.2, 0.25) is 0 Å². The topological polar surface area (TPSA) is 128 Å². The molecule has 8 heteroatoms. The van der Waals surface area contributed by atoms with Gasteiger partial charge in [0.1, 0.15) is 6.04 Å². The second-order valence-corrected chi connectivity index (χ2v) is 5.60. The van der Waals surface area contributed by atoms with E-state index >= 15 is 0 Å². The first-order valence-corrected chi connectivity index (χ1v) is 7.88. The lowest BCUT2D eigenvalue weighted by molar-refractivity contribution is -0.144. The van der Waals surface area contributed by atoms with Crippen molar-refractivity contribution in [3.05, 3.63) is 29.8 Å². The summed E-state index contributed by atoms with van der Waals surface area (Å²) < 4.78 is 4.84. The van der Waals surface area contributed by atoms with Gasteiger partial charge in [-0.1, -0.05) is 13.0 Å². The second-order valence-electron chi connectivity index (χ2n) is 5.60. The minimum Gasteiger partial charge on any atom is -0.466 e. The van der Waals surface area contributed by atoms with Crippen molar-refractivity contribution in [2.24, 2.45) is 11.7 Å².